The maximum Gasteiger partial charge on any atom is 0.227 e. The van der Waals surface area contributed by atoms with E-state index >= 15 is 0 Å². The molecule has 0 spiro atoms. The predicted octanol–water partition coefficient (Wildman–Crippen LogP) is 0.231. The zero-order chi connectivity index (χ0) is 11.1. The van der Waals surface area contributed by atoms with Crippen molar-refractivity contribution in [2.24, 2.45) is 11.1 Å². The summed E-state index contributed by atoms with van der Waals surface area (Å²) in [7, 11) is 0. The summed E-state index contributed by atoms with van der Waals surface area (Å²) in [4.78, 5) is 11.9. The van der Waals surface area contributed by atoms with Crippen molar-refractivity contribution in [1.29, 1.82) is 0 Å². The third-order valence-electron chi connectivity index (χ3n) is 3.06. The van der Waals surface area contributed by atoms with Crippen molar-refractivity contribution in [2.75, 3.05) is 26.2 Å². The standard InChI is InChI=1S/C11H23N3O/c1-11(5-4-7-13-9-11)10(15)14-8-3-2-6-12/h13H,2-9,12H2,1H3,(H,14,15). The van der Waals surface area contributed by atoms with E-state index in [1.54, 1.807) is 0 Å². The first-order valence-corrected chi connectivity index (χ1v) is 5.88. The van der Waals surface area contributed by atoms with Crippen molar-refractivity contribution in [3.05, 3.63) is 0 Å². The fourth-order valence-corrected chi connectivity index (χ4v) is 1.93. The average Bonchev–Trinajstić information content (AvgIpc) is 2.25. The second-order valence-electron chi connectivity index (χ2n) is 4.59. The first-order valence-electron chi connectivity index (χ1n) is 5.88. The van der Waals surface area contributed by atoms with Crippen LogP contribution in [0.25, 0.3) is 0 Å². The Morgan fingerprint density at radius 3 is 2.93 bits per heavy atom. The highest BCUT2D eigenvalue weighted by Crippen LogP contribution is 2.25. The maximum absolute atomic E-state index is 11.9. The lowest BCUT2D eigenvalue weighted by molar-refractivity contribution is -0.131. The van der Waals surface area contributed by atoms with E-state index < -0.39 is 0 Å². The highest BCUT2D eigenvalue weighted by molar-refractivity contribution is 5.82. The van der Waals surface area contributed by atoms with Gasteiger partial charge in [0.1, 0.15) is 0 Å². The van der Waals surface area contributed by atoms with E-state index in [1.807, 2.05) is 6.92 Å². The summed E-state index contributed by atoms with van der Waals surface area (Å²) < 4.78 is 0. The number of rotatable bonds is 5. The molecule has 4 heteroatoms. The van der Waals surface area contributed by atoms with Crippen molar-refractivity contribution in [1.82, 2.24) is 10.6 Å². The molecule has 0 aromatic carbocycles. The van der Waals surface area contributed by atoms with Gasteiger partial charge in [0.2, 0.25) is 5.91 Å². The Morgan fingerprint density at radius 1 is 1.53 bits per heavy atom. The zero-order valence-electron chi connectivity index (χ0n) is 9.64. The summed E-state index contributed by atoms with van der Waals surface area (Å²) in [5, 5.41) is 6.27. The number of nitrogens with two attached hydrogens (primary N) is 1. The van der Waals surface area contributed by atoms with Gasteiger partial charge in [0.15, 0.2) is 0 Å². The first-order chi connectivity index (χ1) is 7.19. The Labute approximate surface area is 92.0 Å². The number of nitrogens with one attached hydrogen (secondary N) is 2. The van der Waals surface area contributed by atoms with Crippen LogP contribution < -0.4 is 16.4 Å². The molecule has 1 fully saturated rings. The van der Waals surface area contributed by atoms with Gasteiger partial charge in [-0.2, -0.15) is 0 Å². The number of piperidine rings is 1. The largest absolute Gasteiger partial charge is 0.356 e. The summed E-state index contributed by atoms with van der Waals surface area (Å²) in [6.45, 7) is 5.34. The monoisotopic (exact) mass is 213 g/mol. The van der Waals surface area contributed by atoms with Crippen LogP contribution in [0.2, 0.25) is 0 Å². The van der Waals surface area contributed by atoms with Crippen molar-refractivity contribution >= 4 is 5.91 Å². The number of carbonyl (C=O) groups is 1. The van der Waals surface area contributed by atoms with Crippen LogP contribution in [-0.2, 0) is 4.79 Å². The van der Waals surface area contributed by atoms with E-state index in [4.69, 9.17) is 5.73 Å². The highest BCUT2D eigenvalue weighted by atomic mass is 16.2. The molecule has 4 N–H and O–H groups in total. The zero-order valence-corrected chi connectivity index (χ0v) is 9.64. The molecule has 1 amide bonds. The van der Waals surface area contributed by atoms with Crippen LogP contribution in [0.4, 0.5) is 0 Å². The molecule has 1 saturated heterocycles. The Kier molecular flexibility index (Phi) is 5.05. The molecule has 0 radical (unpaired) electrons. The van der Waals surface area contributed by atoms with Gasteiger partial charge in [-0.05, 0) is 45.7 Å². The molecule has 0 bridgehead atoms. The quantitative estimate of drug-likeness (QED) is 0.573. The third kappa shape index (κ3) is 3.80. The third-order valence-corrected chi connectivity index (χ3v) is 3.06. The fourth-order valence-electron chi connectivity index (χ4n) is 1.93. The minimum absolute atomic E-state index is 0.187. The second-order valence-corrected chi connectivity index (χ2v) is 4.59. The van der Waals surface area contributed by atoms with Gasteiger partial charge < -0.3 is 16.4 Å². The molecule has 88 valence electrons. The van der Waals surface area contributed by atoms with Gasteiger partial charge in [0.05, 0.1) is 5.41 Å². The number of unbranched alkanes of at least 4 members (excludes halogenated alkanes) is 1. The summed E-state index contributed by atoms with van der Waals surface area (Å²) in [6, 6.07) is 0. The van der Waals surface area contributed by atoms with Crippen LogP contribution in [0.3, 0.4) is 0 Å². The van der Waals surface area contributed by atoms with Crippen LogP contribution in [0.1, 0.15) is 32.6 Å². The molecule has 0 saturated carbocycles. The van der Waals surface area contributed by atoms with Crippen molar-refractivity contribution in [2.45, 2.75) is 32.6 Å². The normalized spacial score (nSPS) is 26.3. The lowest BCUT2D eigenvalue weighted by atomic mass is 9.82. The van der Waals surface area contributed by atoms with Gasteiger partial charge in [0, 0.05) is 13.1 Å². The minimum Gasteiger partial charge on any atom is -0.356 e. The molecule has 15 heavy (non-hydrogen) atoms. The topological polar surface area (TPSA) is 67.2 Å². The second kappa shape index (κ2) is 6.08. The summed E-state index contributed by atoms with van der Waals surface area (Å²) in [5.41, 5.74) is 5.18. The van der Waals surface area contributed by atoms with Gasteiger partial charge in [0.25, 0.3) is 0 Å². The molecule has 0 aliphatic carbocycles. The molecule has 0 aromatic heterocycles. The molecular weight excluding hydrogens is 190 g/mol. The molecule has 4 nitrogen and oxygen atoms in total. The van der Waals surface area contributed by atoms with Crippen LogP contribution in [0.15, 0.2) is 0 Å². The van der Waals surface area contributed by atoms with E-state index in [9.17, 15) is 4.79 Å². The van der Waals surface area contributed by atoms with Crippen LogP contribution in [0.5, 0.6) is 0 Å². The number of hydrogen-bond acceptors (Lipinski definition) is 3. The Bertz CT molecular complexity index is 200. The molecule has 1 rings (SSSR count). The van der Waals surface area contributed by atoms with E-state index in [2.05, 4.69) is 10.6 Å². The van der Waals surface area contributed by atoms with Crippen LogP contribution in [-0.4, -0.2) is 32.1 Å². The fraction of sp³-hybridized carbons (Fsp3) is 0.909. The maximum atomic E-state index is 11.9. The van der Waals surface area contributed by atoms with E-state index in [-0.39, 0.29) is 11.3 Å². The predicted molar refractivity (Wildman–Crippen MR) is 61.5 cm³/mol. The molecule has 1 unspecified atom stereocenters. The molecule has 1 aliphatic heterocycles. The smallest absolute Gasteiger partial charge is 0.227 e. The van der Waals surface area contributed by atoms with E-state index in [0.717, 1.165) is 45.3 Å². The van der Waals surface area contributed by atoms with Crippen molar-refractivity contribution in [3.8, 4) is 0 Å². The van der Waals surface area contributed by atoms with Gasteiger partial charge in [-0.3, -0.25) is 4.79 Å². The number of hydrogen-bond donors (Lipinski definition) is 3. The molecule has 1 atom stereocenters. The van der Waals surface area contributed by atoms with Crippen LogP contribution in [0, 0.1) is 5.41 Å². The lowest BCUT2D eigenvalue weighted by Crippen LogP contribution is -2.48. The summed E-state index contributed by atoms with van der Waals surface area (Å²) >= 11 is 0. The summed E-state index contributed by atoms with van der Waals surface area (Å²) in [5.74, 6) is 0.187. The average molecular weight is 213 g/mol. The van der Waals surface area contributed by atoms with E-state index in [0.29, 0.717) is 6.54 Å². The highest BCUT2D eigenvalue weighted by Gasteiger charge is 2.33. The van der Waals surface area contributed by atoms with Gasteiger partial charge in [-0.15, -0.1) is 0 Å². The van der Waals surface area contributed by atoms with Crippen molar-refractivity contribution < 1.29 is 4.79 Å². The first kappa shape index (κ1) is 12.5. The minimum atomic E-state index is -0.207. The Hall–Kier alpha value is -0.610. The van der Waals surface area contributed by atoms with Crippen molar-refractivity contribution in [3.63, 3.8) is 0 Å². The molecule has 0 aromatic rings. The number of amides is 1. The molecule has 1 heterocycles. The molecular formula is C11H23N3O. The Morgan fingerprint density at radius 2 is 2.33 bits per heavy atom. The Balaban J connectivity index is 2.25. The summed E-state index contributed by atoms with van der Waals surface area (Å²) in [6.07, 6.45) is 4.04. The number of carbonyl (C=O) groups excluding carboxylic acids is 1. The SMILES string of the molecule is CC1(C(=O)NCCCCN)CCCNC1. The lowest BCUT2D eigenvalue weighted by Gasteiger charge is -2.32. The van der Waals surface area contributed by atoms with Crippen LogP contribution >= 0.6 is 0 Å². The van der Waals surface area contributed by atoms with E-state index in [1.165, 1.54) is 0 Å². The van der Waals surface area contributed by atoms with Gasteiger partial charge in [-0.1, -0.05) is 0 Å². The molecule has 1 aliphatic rings. The van der Waals surface area contributed by atoms with Gasteiger partial charge in [-0.25, -0.2) is 0 Å². The van der Waals surface area contributed by atoms with Gasteiger partial charge >= 0.3 is 0 Å².